The molecule has 0 aliphatic heterocycles. The second-order valence-electron chi connectivity index (χ2n) is 5.08. The third-order valence-corrected chi connectivity index (χ3v) is 4.20. The van der Waals surface area contributed by atoms with Crippen LogP contribution in [-0.4, -0.2) is 9.55 Å². The molecule has 2 aromatic carbocycles. The molecule has 3 aromatic rings. The minimum Gasteiger partial charge on any atom is -0.333 e. The maximum Gasteiger partial charge on any atom is 0.0949 e. The van der Waals surface area contributed by atoms with Gasteiger partial charge in [-0.25, -0.2) is 4.98 Å². The van der Waals surface area contributed by atoms with Crippen molar-refractivity contribution in [1.82, 2.24) is 9.55 Å². The molecule has 0 fully saturated rings. The summed E-state index contributed by atoms with van der Waals surface area (Å²) in [4.78, 5) is 4.09. The van der Waals surface area contributed by atoms with E-state index < -0.39 is 0 Å². The van der Waals surface area contributed by atoms with E-state index in [1.54, 1.807) is 18.6 Å². The lowest BCUT2D eigenvalue weighted by molar-refractivity contribution is 0.836. The SMILES string of the molecule is Clc1ccc(C=C(Cn2ccnc2)c2ccc(Cl)cc2Cl)cc1. The standard InChI is InChI=1S/C18H13Cl3N2/c19-15-3-1-13(2-4-15)9-14(11-23-8-7-22-12-23)17-6-5-16(20)10-18(17)21/h1-10,12H,11H2. The summed E-state index contributed by atoms with van der Waals surface area (Å²) >= 11 is 18.3. The fraction of sp³-hybridized carbons (Fsp3) is 0.0556. The summed E-state index contributed by atoms with van der Waals surface area (Å²) in [6.45, 7) is 0.657. The molecule has 3 rings (SSSR count). The van der Waals surface area contributed by atoms with Crippen LogP contribution < -0.4 is 0 Å². The zero-order valence-electron chi connectivity index (χ0n) is 12.1. The minimum atomic E-state index is 0.618. The van der Waals surface area contributed by atoms with E-state index in [-0.39, 0.29) is 0 Å². The van der Waals surface area contributed by atoms with Crippen LogP contribution in [-0.2, 0) is 6.54 Å². The first-order chi connectivity index (χ1) is 11.1. The zero-order chi connectivity index (χ0) is 16.2. The summed E-state index contributed by atoms with van der Waals surface area (Å²) in [5.41, 5.74) is 3.06. The molecule has 0 aliphatic carbocycles. The molecule has 2 nitrogen and oxygen atoms in total. The molecule has 0 amide bonds. The Bertz CT molecular complexity index is 822. The van der Waals surface area contributed by atoms with Crippen LogP contribution >= 0.6 is 34.8 Å². The molecule has 5 heteroatoms. The van der Waals surface area contributed by atoms with E-state index in [1.807, 2.05) is 47.2 Å². The van der Waals surface area contributed by atoms with E-state index in [0.717, 1.165) is 16.7 Å². The summed E-state index contributed by atoms with van der Waals surface area (Å²) in [5.74, 6) is 0. The van der Waals surface area contributed by atoms with Gasteiger partial charge in [-0.1, -0.05) is 53.0 Å². The Morgan fingerprint density at radius 3 is 2.39 bits per heavy atom. The van der Waals surface area contributed by atoms with Crippen LogP contribution in [0.15, 0.2) is 61.2 Å². The van der Waals surface area contributed by atoms with Crippen molar-refractivity contribution in [2.75, 3.05) is 0 Å². The Labute approximate surface area is 149 Å². The van der Waals surface area contributed by atoms with Gasteiger partial charge in [0, 0.05) is 34.0 Å². The average Bonchev–Trinajstić information content (AvgIpc) is 3.02. The Morgan fingerprint density at radius 2 is 1.74 bits per heavy atom. The summed E-state index contributed by atoms with van der Waals surface area (Å²) in [6.07, 6.45) is 7.54. The van der Waals surface area contributed by atoms with Crippen LogP contribution in [0.2, 0.25) is 15.1 Å². The van der Waals surface area contributed by atoms with Crippen molar-refractivity contribution in [3.63, 3.8) is 0 Å². The summed E-state index contributed by atoms with van der Waals surface area (Å²) in [6, 6.07) is 13.2. The molecule has 1 heterocycles. The van der Waals surface area contributed by atoms with Crippen LogP contribution in [0.3, 0.4) is 0 Å². The highest BCUT2D eigenvalue weighted by molar-refractivity contribution is 6.35. The number of nitrogens with zero attached hydrogens (tertiary/aromatic N) is 2. The first-order valence-corrected chi connectivity index (χ1v) is 8.12. The monoisotopic (exact) mass is 362 g/mol. The van der Waals surface area contributed by atoms with Crippen molar-refractivity contribution in [2.45, 2.75) is 6.54 Å². The number of imidazole rings is 1. The van der Waals surface area contributed by atoms with E-state index in [1.165, 1.54) is 0 Å². The van der Waals surface area contributed by atoms with E-state index in [4.69, 9.17) is 34.8 Å². The predicted octanol–water partition coefficient (Wildman–Crippen LogP) is 6.08. The Kier molecular flexibility index (Phi) is 5.06. The molecule has 0 radical (unpaired) electrons. The fourth-order valence-electron chi connectivity index (χ4n) is 2.30. The Hall–Kier alpha value is -1.74. The van der Waals surface area contributed by atoms with Gasteiger partial charge in [0.2, 0.25) is 0 Å². The van der Waals surface area contributed by atoms with Crippen LogP contribution in [0.4, 0.5) is 0 Å². The molecule has 0 atom stereocenters. The lowest BCUT2D eigenvalue weighted by Gasteiger charge is -2.12. The second-order valence-corrected chi connectivity index (χ2v) is 6.36. The van der Waals surface area contributed by atoms with Crippen LogP contribution in [0.1, 0.15) is 11.1 Å². The molecule has 0 aliphatic rings. The van der Waals surface area contributed by atoms with Crippen molar-refractivity contribution in [3.05, 3.63) is 87.4 Å². The van der Waals surface area contributed by atoms with Gasteiger partial charge in [-0.15, -0.1) is 0 Å². The second kappa shape index (κ2) is 7.22. The van der Waals surface area contributed by atoms with Gasteiger partial charge in [0.25, 0.3) is 0 Å². The number of allylic oxidation sites excluding steroid dienone is 1. The maximum atomic E-state index is 6.38. The predicted molar refractivity (Wildman–Crippen MR) is 98.0 cm³/mol. The molecule has 0 saturated heterocycles. The highest BCUT2D eigenvalue weighted by Gasteiger charge is 2.09. The molecule has 1 aromatic heterocycles. The van der Waals surface area contributed by atoms with Crippen molar-refractivity contribution < 1.29 is 0 Å². The Balaban J connectivity index is 2.04. The first-order valence-electron chi connectivity index (χ1n) is 6.99. The summed E-state index contributed by atoms with van der Waals surface area (Å²) in [7, 11) is 0. The minimum absolute atomic E-state index is 0.618. The van der Waals surface area contributed by atoms with Crippen LogP contribution in [0.25, 0.3) is 11.6 Å². The van der Waals surface area contributed by atoms with Crippen LogP contribution in [0, 0.1) is 0 Å². The molecular formula is C18H13Cl3N2. The van der Waals surface area contributed by atoms with E-state index >= 15 is 0 Å². The topological polar surface area (TPSA) is 17.8 Å². The van der Waals surface area contributed by atoms with Gasteiger partial charge in [-0.05, 0) is 47.0 Å². The van der Waals surface area contributed by atoms with Crippen molar-refractivity contribution >= 4 is 46.5 Å². The summed E-state index contributed by atoms with van der Waals surface area (Å²) < 4.78 is 1.99. The molecule has 0 unspecified atom stereocenters. The van der Waals surface area contributed by atoms with E-state index in [9.17, 15) is 0 Å². The van der Waals surface area contributed by atoms with Crippen LogP contribution in [0.5, 0.6) is 0 Å². The lowest BCUT2D eigenvalue weighted by Crippen LogP contribution is -1.99. The van der Waals surface area contributed by atoms with E-state index in [0.29, 0.717) is 21.6 Å². The average molecular weight is 364 g/mol. The van der Waals surface area contributed by atoms with Crippen molar-refractivity contribution in [1.29, 1.82) is 0 Å². The normalized spacial score (nSPS) is 11.7. The number of aromatic nitrogens is 2. The van der Waals surface area contributed by atoms with Gasteiger partial charge in [-0.2, -0.15) is 0 Å². The van der Waals surface area contributed by atoms with Crippen molar-refractivity contribution in [3.8, 4) is 0 Å². The number of hydrogen-bond acceptors (Lipinski definition) is 1. The highest BCUT2D eigenvalue weighted by atomic mass is 35.5. The molecule has 0 N–H and O–H groups in total. The molecule has 0 bridgehead atoms. The van der Waals surface area contributed by atoms with E-state index in [2.05, 4.69) is 11.1 Å². The third-order valence-electron chi connectivity index (χ3n) is 3.40. The number of hydrogen-bond donors (Lipinski definition) is 0. The van der Waals surface area contributed by atoms with Gasteiger partial charge in [-0.3, -0.25) is 0 Å². The van der Waals surface area contributed by atoms with Gasteiger partial charge in [0.1, 0.15) is 0 Å². The largest absolute Gasteiger partial charge is 0.333 e. The maximum absolute atomic E-state index is 6.38. The lowest BCUT2D eigenvalue weighted by atomic mass is 10.0. The third kappa shape index (κ3) is 4.17. The van der Waals surface area contributed by atoms with Gasteiger partial charge in [0.05, 0.1) is 6.33 Å². The fourth-order valence-corrected chi connectivity index (χ4v) is 2.95. The smallest absolute Gasteiger partial charge is 0.0949 e. The first kappa shape index (κ1) is 16.1. The summed E-state index contributed by atoms with van der Waals surface area (Å²) in [5, 5.41) is 1.95. The quantitative estimate of drug-likeness (QED) is 0.513. The molecule has 116 valence electrons. The van der Waals surface area contributed by atoms with Crippen molar-refractivity contribution in [2.24, 2.45) is 0 Å². The number of benzene rings is 2. The molecular weight excluding hydrogens is 351 g/mol. The number of rotatable bonds is 4. The van der Waals surface area contributed by atoms with Gasteiger partial charge >= 0.3 is 0 Å². The zero-order valence-corrected chi connectivity index (χ0v) is 14.4. The number of halogens is 3. The molecule has 23 heavy (non-hydrogen) atoms. The molecule has 0 saturated carbocycles. The van der Waals surface area contributed by atoms with Gasteiger partial charge in [0.15, 0.2) is 0 Å². The highest BCUT2D eigenvalue weighted by Crippen LogP contribution is 2.29. The molecule has 0 spiro atoms. The van der Waals surface area contributed by atoms with Gasteiger partial charge < -0.3 is 4.57 Å². The Morgan fingerprint density at radius 1 is 1.00 bits per heavy atom.